The molecule has 2 fully saturated rings. The summed E-state index contributed by atoms with van der Waals surface area (Å²) in [6, 6.07) is 0.491. The van der Waals surface area contributed by atoms with Crippen LogP contribution in [0.2, 0.25) is 0 Å². The molecular formula is C14H29N3. The highest BCUT2D eigenvalue weighted by Gasteiger charge is 2.45. The average molecular weight is 239 g/mol. The van der Waals surface area contributed by atoms with Crippen LogP contribution in [0.25, 0.3) is 0 Å². The summed E-state index contributed by atoms with van der Waals surface area (Å²) in [5, 5.41) is 0. The van der Waals surface area contributed by atoms with Gasteiger partial charge in [-0.05, 0) is 77.7 Å². The molecule has 4 unspecified atom stereocenters. The second-order valence-corrected chi connectivity index (χ2v) is 6.49. The van der Waals surface area contributed by atoms with E-state index in [2.05, 4.69) is 30.9 Å². The molecule has 0 aliphatic heterocycles. The van der Waals surface area contributed by atoms with Gasteiger partial charge < -0.3 is 15.5 Å². The summed E-state index contributed by atoms with van der Waals surface area (Å²) >= 11 is 0. The van der Waals surface area contributed by atoms with Gasteiger partial charge in [0.25, 0.3) is 0 Å². The number of rotatable bonds is 6. The van der Waals surface area contributed by atoms with Crippen molar-refractivity contribution in [2.45, 2.75) is 31.7 Å². The molecule has 100 valence electrons. The molecule has 0 heterocycles. The Morgan fingerprint density at radius 2 is 1.76 bits per heavy atom. The highest BCUT2D eigenvalue weighted by atomic mass is 15.1. The summed E-state index contributed by atoms with van der Waals surface area (Å²) in [6.07, 6.45) is 5.51. The van der Waals surface area contributed by atoms with Crippen molar-refractivity contribution in [3.63, 3.8) is 0 Å². The molecule has 2 bridgehead atoms. The fraction of sp³-hybridized carbons (Fsp3) is 1.00. The second-order valence-electron chi connectivity index (χ2n) is 6.49. The van der Waals surface area contributed by atoms with E-state index in [0.717, 1.165) is 17.8 Å². The molecule has 0 amide bonds. The monoisotopic (exact) mass is 239 g/mol. The standard InChI is InChI=1S/C14H29N3/c1-16(2)7-4-8-17(3)10-13-11-5-6-12(9-11)14(13)15/h11-14H,4-10,15H2,1-3H3. The lowest BCUT2D eigenvalue weighted by molar-refractivity contribution is 0.194. The minimum atomic E-state index is 0.491. The van der Waals surface area contributed by atoms with E-state index in [1.165, 1.54) is 45.3 Å². The molecule has 0 saturated heterocycles. The van der Waals surface area contributed by atoms with Gasteiger partial charge in [0.05, 0.1) is 0 Å². The Kier molecular flexibility index (Phi) is 4.45. The van der Waals surface area contributed by atoms with Gasteiger partial charge in [0, 0.05) is 12.6 Å². The smallest absolute Gasteiger partial charge is 0.0111 e. The Bertz CT molecular complexity index is 240. The Morgan fingerprint density at radius 1 is 1.06 bits per heavy atom. The van der Waals surface area contributed by atoms with Crippen LogP contribution in [0.4, 0.5) is 0 Å². The van der Waals surface area contributed by atoms with E-state index in [4.69, 9.17) is 5.73 Å². The van der Waals surface area contributed by atoms with E-state index >= 15 is 0 Å². The average Bonchev–Trinajstić information content (AvgIpc) is 2.81. The fourth-order valence-corrected chi connectivity index (χ4v) is 3.83. The SMILES string of the molecule is CN(C)CCCN(C)CC1C2CCC(C2)C1N. The van der Waals surface area contributed by atoms with Crippen molar-refractivity contribution in [1.82, 2.24) is 9.80 Å². The quantitative estimate of drug-likeness (QED) is 0.757. The molecule has 17 heavy (non-hydrogen) atoms. The third-order valence-corrected chi connectivity index (χ3v) is 4.83. The van der Waals surface area contributed by atoms with E-state index in [0.29, 0.717) is 6.04 Å². The Labute approximate surface area is 106 Å². The highest BCUT2D eigenvalue weighted by molar-refractivity contribution is 4.99. The molecule has 2 aliphatic carbocycles. The van der Waals surface area contributed by atoms with Gasteiger partial charge in [0.2, 0.25) is 0 Å². The topological polar surface area (TPSA) is 32.5 Å². The molecule has 3 nitrogen and oxygen atoms in total. The van der Waals surface area contributed by atoms with E-state index in [-0.39, 0.29) is 0 Å². The van der Waals surface area contributed by atoms with Crippen LogP contribution < -0.4 is 5.73 Å². The summed E-state index contributed by atoms with van der Waals surface area (Å²) < 4.78 is 0. The molecule has 2 rings (SSSR count). The lowest BCUT2D eigenvalue weighted by Crippen LogP contribution is -2.42. The zero-order valence-electron chi connectivity index (χ0n) is 11.7. The molecule has 2 saturated carbocycles. The highest BCUT2D eigenvalue weighted by Crippen LogP contribution is 2.47. The van der Waals surface area contributed by atoms with Crippen molar-refractivity contribution in [2.75, 3.05) is 40.8 Å². The van der Waals surface area contributed by atoms with Gasteiger partial charge in [-0.15, -0.1) is 0 Å². The van der Waals surface area contributed by atoms with Crippen LogP contribution in [0.15, 0.2) is 0 Å². The van der Waals surface area contributed by atoms with Crippen LogP contribution >= 0.6 is 0 Å². The van der Waals surface area contributed by atoms with Gasteiger partial charge in [-0.3, -0.25) is 0 Å². The summed E-state index contributed by atoms with van der Waals surface area (Å²) in [6.45, 7) is 3.61. The molecule has 4 atom stereocenters. The number of hydrogen-bond acceptors (Lipinski definition) is 3. The third kappa shape index (κ3) is 3.21. The van der Waals surface area contributed by atoms with Gasteiger partial charge in [-0.2, -0.15) is 0 Å². The van der Waals surface area contributed by atoms with E-state index in [9.17, 15) is 0 Å². The predicted molar refractivity (Wildman–Crippen MR) is 73.0 cm³/mol. The molecule has 0 aromatic rings. The van der Waals surface area contributed by atoms with Gasteiger partial charge in [0.1, 0.15) is 0 Å². The molecular weight excluding hydrogens is 210 g/mol. The predicted octanol–water partition coefficient (Wildman–Crippen LogP) is 1.24. The zero-order valence-corrected chi connectivity index (χ0v) is 11.7. The van der Waals surface area contributed by atoms with Crippen LogP contribution in [0, 0.1) is 17.8 Å². The maximum atomic E-state index is 6.35. The van der Waals surface area contributed by atoms with Crippen molar-refractivity contribution in [1.29, 1.82) is 0 Å². The van der Waals surface area contributed by atoms with Crippen LogP contribution in [-0.2, 0) is 0 Å². The number of hydrogen-bond donors (Lipinski definition) is 1. The van der Waals surface area contributed by atoms with Crippen LogP contribution in [-0.4, -0.2) is 56.6 Å². The maximum absolute atomic E-state index is 6.35. The van der Waals surface area contributed by atoms with Crippen molar-refractivity contribution >= 4 is 0 Å². The first-order valence-corrected chi connectivity index (χ1v) is 7.16. The summed E-state index contributed by atoms with van der Waals surface area (Å²) in [5.41, 5.74) is 6.35. The summed E-state index contributed by atoms with van der Waals surface area (Å²) in [7, 11) is 6.55. The van der Waals surface area contributed by atoms with Gasteiger partial charge in [-0.25, -0.2) is 0 Å². The summed E-state index contributed by atoms with van der Waals surface area (Å²) in [5.74, 6) is 2.56. The van der Waals surface area contributed by atoms with Crippen molar-refractivity contribution < 1.29 is 0 Å². The van der Waals surface area contributed by atoms with Crippen LogP contribution in [0.5, 0.6) is 0 Å². The normalized spacial score (nSPS) is 36.4. The second kappa shape index (κ2) is 5.68. The van der Waals surface area contributed by atoms with Gasteiger partial charge in [0.15, 0.2) is 0 Å². The van der Waals surface area contributed by atoms with Crippen molar-refractivity contribution in [3.8, 4) is 0 Å². The minimum absolute atomic E-state index is 0.491. The minimum Gasteiger partial charge on any atom is -0.327 e. The molecule has 0 radical (unpaired) electrons. The Balaban J connectivity index is 1.70. The van der Waals surface area contributed by atoms with Gasteiger partial charge >= 0.3 is 0 Å². The van der Waals surface area contributed by atoms with E-state index < -0.39 is 0 Å². The van der Waals surface area contributed by atoms with Crippen LogP contribution in [0.3, 0.4) is 0 Å². The Morgan fingerprint density at radius 3 is 2.35 bits per heavy atom. The first kappa shape index (κ1) is 13.3. The molecule has 2 aliphatic rings. The lowest BCUT2D eigenvalue weighted by atomic mass is 9.84. The first-order chi connectivity index (χ1) is 8.08. The first-order valence-electron chi connectivity index (χ1n) is 7.16. The Hall–Kier alpha value is -0.120. The fourth-order valence-electron chi connectivity index (χ4n) is 3.83. The van der Waals surface area contributed by atoms with E-state index in [1.807, 2.05) is 0 Å². The molecule has 0 aromatic carbocycles. The number of fused-ring (bicyclic) bond motifs is 2. The molecule has 0 spiro atoms. The van der Waals surface area contributed by atoms with Crippen LogP contribution in [0.1, 0.15) is 25.7 Å². The van der Waals surface area contributed by atoms with E-state index in [1.54, 1.807) is 0 Å². The lowest BCUT2D eigenvalue weighted by Gasteiger charge is -2.31. The zero-order chi connectivity index (χ0) is 12.4. The molecule has 0 aromatic heterocycles. The van der Waals surface area contributed by atoms with Gasteiger partial charge in [-0.1, -0.05) is 0 Å². The molecule has 2 N–H and O–H groups in total. The van der Waals surface area contributed by atoms with Crippen molar-refractivity contribution in [2.24, 2.45) is 23.5 Å². The number of nitrogens with zero attached hydrogens (tertiary/aromatic N) is 2. The third-order valence-electron chi connectivity index (χ3n) is 4.83. The molecule has 3 heteroatoms. The van der Waals surface area contributed by atoms with Crippen molar-refractivity contribution in [3.05, 3.63) is 0 Å². The maximum Gasteiger partial charge on any atom is 0.0111 e. The largest absolute Gasteiger partial charge is 0.327 e. The summed E-state index contributed by atoms with van der Waals surface area (Å²) in [4.78, 5) is 4.76. The number of nitrogens with two attached hydrogens (primary N) is 1.